The minimum atomic E-state index is -0.472. The van der Waals surface area contributed by atoms with Crippen LogP contribution < -0.4 is 10.5 Å². The molecule has 0 amide bonds. The molecular formula is C12H16FNO2S. The molecule has 3 nitrogen and oxygen atoms in total. The molecule has 1 aromatic carbocycles. The summed E-state index contributed by atoms with van der Waals surface area (Å²) in [6.45, 7) is 4.59. The summed E-state index contributed by atoms with van der Waals surface area (Å²) in [6, 6.07) is 4.41. The Morgan fingerprint density at radius 2 is 2.12 bits per heavy atom. The van der Waals surface area contributed by atoms with E-state index in [1.165, 1.54) is 12.1 Å². The molecule has 0 unspecified atom stereocenters. The van der Waals surface area contributed by atoms with Gasteiger partial charge in [-0.3, -0.25) is 0 Å². The van der Waals surface area contributed by atoms with Crippen molar-refractivity contribution in [2.75, 3.05) is 13.2 Å². The van der Waals surface area contributed by atoms with Gasteiger partial charge in [-0.05, 0) is 32.0 Å². The van der Waals surface area contributed by atoms with E-state index in [1.54, 1.807) is 6.07 Å². The Balaban J connectivity index is 2.52. The first-order valence-electron chi connectivity index (χ1n) is 5.34. The van der Waals surface area contributed by atoms with E-state index in [1.807, 2.05) is 13.8 Å². The molecule has 0 saturated carbocycles. The summed E-state index contributed by atoms with van der Waals surface area (Å²) in [5, 5.41) is 0. The number of rotatable bonds is 6. The molecule has 0 atom stereocenters. The number of nitrogens with two attached hydrogens (primary N) is 1. The van der Waals surface area contributed by atoms with Crippen molar-refractivity contribution in [2.24, 2.45) is 5.73 Å². The largest absolute Gasteiger partial charge is 0.488 e. The monoisotopic (exact) mass is 257 g/mol. The van der Waals surface area contributed by atoms with Gasteiger partial charge >= 0.3 is 0 Å². The van der Waals surface area contributed by atoms with E-state index in [0.717, 1.165) is 0 Å². The SMILES string of the molecule is CC(C)OCCOc1ccc(C(N)=S)cc1F. The van der Waals surface area contributed by atoms with Gasteiger partial charge in [0.1, 0.15) is 11.6 Å². The van der Waals surface area contributed by atoms with Crippen LogP contribution in [-0.2, 0) is 4.74 Å². The van der Waals surface area contributed by atoms with Crippen molar-refractivity contribution in [3.63, 3.8) is 0 Å². The average molecular weight is 257 g/mol. The van der Waals surface area contributed by atoms with Crippen molar-refractivity contribution in [2.45, 2.75) is 20.0 Å². The van der Waals surface area contributed by atoms with Gasteiger partial charge in [0, 0.05) is 5.56 Å². The van der Waals surface area contributed by atoms with Gasteiger partial charge in [-0.1, -0.05) is 12.2 Å². The van der Waals surface area contributed by atoms with Gasteiger partial charge in [0.15, 0.2) is 11.6 Å². The Kier molecular flexibility index (Phi) is 5.31. The Hall–Kier alpha value is -1.20. The Morgan fingerprint density at radius 3 is 2.65 bits per heavy atom. The van der Waals surface area contributed by atoms with E-state index in [-0.39, 0.29) is 16.8 Å². The number of hydrogen-bond acceptors (Lipinski definition) is 3. The topological polar surface area (TPSA) is 44.5 Å². The summed E-state index contributed by atoms with van der Waals surface area (Å²) in [5.41, 5.74) is 5.88. The van der Waals surface area contributed by atoms with Gasteiger partial charge in [-0.2, -0.15) is 0 Å². The second kappa shape index (κ2) is 6.51. The number of hydrogen-bond donors (Lipinski definition) is 1. The molecule has 17 heavy (non-hydrogen) atoms. The van der Waals surface area contributed by atoms with Gasteiger partial charge in [-0.15, -0.1) is 0 Å². The minimum Gasteiger partial charge on any atom is -0.488 e. The third-order valence-corrected chi connectivity index (χ3v) is 2.24. The Labute approximate surface area is 106 Å². The highest BCUT2D eigenvalue weighted by Gasteiger charge is 2.06. The lowest BCUT2D eigenvalue weighted by Gasteiger charge is -2.10. The molecule has 5 heteroatoms. The first-order valence-corrected chi connectivity index (χ1v) is 5.75. The smallest absolute Gasteiger partial charge is 0.165 e. The maximum atomic E-state index is 13.5. The summed E-state index contributed by atoms with van der Waals surface area (Å²) in [6.07, 6.45) is 0.139. The lowest BCUT2D eigenvalue weighted by Crippen LogP contribution is -2.13. The zero-order valence-corrected chi connectivity index (χ0v) is 10.7. The van der Waals surface area contributed by atoms with Crippen LogP contribution in [0.4, 0.5) is 4.39 Å². The van der Waals surface area contributed by atoms with Crippen LogP contribution in [-0.4, -0.2) is 24.3 Å². The molecule has 0 saturated heterocycles. The van der Waals surface area contributed by atoms with E-state index in [9.17, 15) is 4.39 Å². The molecule has 0 aliphatic rings. The van der Waals surface area contributed by atoms with Crippen LogP contribution in [0.1, 0.15) is 19.4 Å². The maximum Gasteiger partial charge on any atom is 0.165 e. The van der Waals surface area contributed by atoms with Crippen LogP contribution in [0.25, 0.3) is 0 Å². The van der Waals surface area contributed by atoms with E-state index in [0.29, 0.717) is 18.8 Å². The summed E-state index contributed by atoms with van der Waals surface area (Å²) < 4.78 is 24.0. The molecule has 0 radical (unpaired) electrons. The summed E-state index contributed by atoms with van der Waals surface area (Å²) >= 11 is 4.75. The van der Waals surface area contributed by atoms with Crippen LogP contribution in [0.3, 0.4) is 0 Å². The van der Waals surface area contributed by atoms with Crippen LogP contribution in [0.15, 0.2) is 18.2 Å². The average Bonchev–Trinajstić information content (AvgIpc) is 2.25. The third kappa shape index (κ3) is 4.66. The highest BCUT2D eigenvalue weighted by molar-refractivity contribution is 7.80. The summed E-state index contributed by atoms with van der Waals surface area (Å²) in [4.78, 5) is 0.165. The number of benzene rings is 1. The molecule has 0 aromatic heterocycles. The lowest BCUT2D eigenvalue weighted by molar-refractivity contribution is 0.0544. The summed E-state index contributed by atoms with van der Waals surface area (Å²) in [7, 11) is 0. The second-order valence-electron chi connectivity index (χ2n) is 3.78. The fourth-order valence-electron chi connectivity index (χ4n) is 1.21. The molecule has 0 aliphatic heterocycles. The number of ether oxygens (including phenoxy) is 2. The molecule has 0 bridgehead atoms. The molecule has 0 spiro atoms. The lowest BCUT2D eigenvalue weighted by atomic mass is 10.2. The van der Waals surface area contributed by atoms with E-state index < -0.39 is 5.82 Å². The van der Waals surface area contributed by atoms with Crippen LogP contribution in [0, 0.1) is 5.82 Å². The van der Waals surface area contributed by atoms with Gasteiger partial charge in [0.25, 0.3) is 0 Å². The molecule has 0 fully saturated rings. The van der Waals surface area contributed by atoms with E-state index in [2.05, 4.69) is 0 Å². The van der Waals surface area contributed by atoms with Crippen molar-refractivity contribution in [3.8, 4) is 5.75 Å². The molecule has 1 rings (SSSR count). The fourth-order valence-corrected chi connectivity index (χ4v) is 1.33. The van der Waals surface area contributed by atoms with Crippen molar-refractivity contribution in [1.82, 2.24) is 0 Å². The van der Waals surface area contributed by atoms with Crippen molar-refractivity contribution in [3.05, 3.63) is 29.6 Å². The maximum absolute atomic E-state index is 13.5. The van der Waals surface area contributed by atoms with E-state index >= 15 is 0 Å². The predicted octanol–water partition coefficient (Wildman–Crippen LogP) is 2.26. The van der Waals surface area contributed by atoms with Crippen molar-refractivity contribution in [1.29, 1.82) is 0 Å². The fraction of sp³-hybridized carbons (Fsp3) is 0.417. The molecule has 0 heterocycles. The number of thiocarbonyl (C=S) groups is 1. The third-order valence-electron chi connectivity index (χ3n) is 2.01. The molecule has 2 N–H and O–H groups in total. The number of halogens is 1. The highest BCUT2D eigenvalue weighted by atomic mass is 32.1. The predicted molar refractivity (Wildman–Crippen MR) is 68.9 cm³/mol. The van der Waals surface area contributed by atoms with Gasteiger partial charge in [-0.25, -0.2) is 4.39 Å². The quantitative estimate of drug-likeness (QED) is 0.627. The molecule has 1 aromatic rings. The van der Waals surface area contributed by atoms with Gasteiger partial charge in [0.2, 0.25) is 0 Å². The van der Waals surface area contributed by atoms with Crippen molar-refractivity contribution >= 4 is 17.2 Å². The molecular weight excluding hydrogens is 241 g/mol. The van der Waals surface area contributed by atoms with Gasteiger partial charge < -0.3 is 15.2 Å². The highest BCUT2D eigenvalue weighted by Crippen LogP contribution is 2.18. The second-order valence-corrected chi connectivity index (χ2v) is 4.22. The molecule has 94 valence electrons. The van der Waals surface area contributed by atoms with E-state index in [4.69, 9.17) is 27.4 Å². The molecule has 0 aliphatic carbocycles. The Morgan fingerprint density at radius 1 is 1.41 bits per heavy atom. The van der Waals surface area contributed by atoms with Crippen LogP contribution >= 0.6 is 12.2 Å². The zero-order chi connectivity index (χ0) is 12.8. The van der Waals surface area contributed by atoms with Crippen LogP contribution in [0.5, 0.6) is 5.75 Å². The summed E-state index contributed by atoms with van der Waals surface area (Å²) in [5.74, 6) is -0.294. The normalized spacial score (nSPS) is 10.6. The zero-order valence-electron chi connectivity index (χ0n) is 9.90. The minimum absolute atomic E-state index is 0.139. The Bertz CT molecular complexity index is 396. The standard InChI is InChI=1S/C12H16FNO2S/c1-8(2)15-5-6-16-11-4-3-9(12(14)17)7-10(11)13/h3-4,7-8H,5-6H2,1-2H3,(H2,14,17). The van der Waals surface area contributed by atoms with Crippen LogP contribution in [0.2, 0.25) is 0 Å². The van der Waals surface area contributed by atoms with Gasteiger partial charge in [0.05, 0.1) is 12.7 Å². The van der Waals surface area contributed by atoms with Crippen molar-refractivity contribution < 1.29 is 13.9 Å². The first kappa shape index (κ1) is 13.9. The first-order chi connectivity index (χ1) is 8.00.